The highest BCUT2D eigenvalue weighted by Gasteiger charge is 2.32. The van der Waals surface area contributed by atoms with Gasteiger partial charge in [-0.2, -0.15) is 0 Å². The van der Waals surface area contributed by atoms with Crippen molar-refractivity contribution >= 4 is 11.6 Å². The van der Waals surface area contributed by atoms with Crippen LogP contribution in [-0.4, -0.2) is 25.6 Å². The monoisotopic (exact) mass is 339 g/mol. The van der Waals surface area contributed by atoms with Crippen molar-refractivity contribution < 1.29 is 14.4 Å². The number of ether oxygens (including phenoxy) is 1. The Morgan fingerprint density at radius 3 is 2.44 bits per heavy atom. The Morgan fingerprint density at radius 1 is 1.04 bits per heavy atom. The molecule has 0 aromatic heterocycles. The van der Waals surface area contributed by atoms with Gasteiger partial charge in [0.2, 0.25) is 0 Å². The van der Waals surface area contributed by atoms with Gasteiger partial charge < -0.3 is 15.0 Å². The Morgan fingerprint density at radius 2 is 1.72 bits per heavy atom. The van der Waals surface area contributed by atoms with Crippen LogP contribution in [0.4, 0.5) is 5.69 Å². The van der Waals surface area contributed by atoms with Crippen molar-refractivity contribution in [3.63, 3.8) is 0 Å². The Balaban J connectivity index is 1.84. The zero-order chi connectivity index (χ0) is 17.5. The van der Waals surface area contributed by atoms with E-state index >= 15 is 0 Å². The van der Waals surface area contributed by atoms with Crippen LogP contribution in [0.3, 0.4) is 0 Å². The molecule has 132 valence electrons. The molecule has 1 aliphatic heterocycles. The number of nitrogens with one attached hydrogen (secondary N) is 2. The average Bonchev–Trinajstić information content (AvgIpc) is 2.65. The van der Waals surface area contributed by atoms with E-state index in [1.165, 1.54) is 24.2 Å². The summed E-state index contributed by atoms with van der Waals surface area (Å²) in [5, 5.41) is 3.11. The summed E-state index contributed by atoms with van der Waals surface area (Å²) < 4.78 is 5.65. The summed E-state index contributed by atoms with van der Waals surface area (Å²) >= 11 is 0. The normalized spacial score (nSPS) is 16.2. The molecule has 4 nitrogen and oxygen atoms in total. The second-order valence-corrected chi connectivity index (χ2v) is 6.48. The first kappa shape index (κ1) is 17.5. The zero-order valence-corrected chi connectivity index (χ0v) is 14.8. The third kappa shape index (κ3) is 4.40. The maximum absolute atomic E-state index is 13.2. The van der Waals surface area contributed by atoms with Gasteiger partial charge in [0.05, 0.1) is 25.4 Å². The lowest BCUT2D eigenvalue weighted by Gasteiger charge is -2.31. The molecular formula is C21H27N2O2+. The van der Waals surface area contributed by atoms with Gasteiger partial charge in [-0.15, -0.1) is 0 Å². The SMILES string of the molecule is CCOc1ccccc1NC(=O)[C@@H](c1ccccc1)[NH+]1CCCCC1. The second-order valence-electron chi connectivity index (χ2n) is 6.48. The fraction of sp³-hybridized carbons (Fsp3) is 0.381. The number of likely N-dealkylation sites (tertiary alicyclic amines) is 1. The minimum Gasteiger partial charge on any atom is -0.492 e. The largest absolute Gasteiger partial charge is 0.492 e. The number of hydrogen-bond acceptors (Lipinski definition) is 2. The predicted molar refractivity (Wildman–Crippen MR) is 100.0 cm³/mol. The molecule has 2 aromatic rings. The van der Waals surface area contributed by atoms with E-state index in [0.29, 0.717) is 6.61 Å². The van der Waals surface area contributed by atoms with Crippen molar-refractivity contribution in [2.24, 2.45) is 0 Å². The van der Waals surface area contributed by atoms with Crippen LogP contribution >= 0.6 is 0 Å². The molecule has 1 amide bonds. The van der Waals surface area contributed by atoms with Crippen molar-refractivity contribution in [2.75, 3.05) is 25.0 Å². The van der Waals surface area contributed by atoms with Gasteiger partial charge in [0.1, 0.15) is 5.75 Å². The molecule has 0 bridgehead atoms. The predicted octanol–water partition coefficient (Wildman–Crippen LogP) is 2.83. The molecular weight excluding hydrogens is 312 g/mol. The zero-order valence-electron chi connectivity index (χ0n) is 14.8. The van der Waals surface area contributed by atoms with Crippen LogP contribution in [0, 0.1) is 0 Å². The number of carbonyl (C=O) groups excluding carboxylic acids is 1. The van der Waals surface area contributed by atoms with Gasteiger partial charge >= 0.3 is 0 Å². The van der Waals surface area contributed by atoms with Crippen molar-refractivity contribution in [2.45, 2.75) is 32.2 Å². The molecule has 1 saturated heterocycles. The van der Waals surface area contributed by atoms with Crippen molar-refractivity contribution in [3.8, 4) is 5.75 Å². The minimum absolute atomic E-state index is 0.0373. The molecule has 0 spiro atoms. The van der Waals surface area contributed by atoms with Crippen LogP contribution in [-0.2, 0) is 4.79 Å². The Bertz CT molecular complexity index is 681. The standard InChI is InChI=1S/C21H26N2O2/c1-2-25-19-14-8-7-13-18(19)22-21(24)20(17-11-5-3-6-12-17)23-15-9-4-10-16-23/h3,5-8,11-14,20H,2,4,9-10,15-16H2,1H3,(H,22,24)/p+1/t20-/m1/s1. The molecule has 2 aromatic carbocycles. The number of piperidine rings is 1. The number of rotatable bonds is 6. The molecule has 0 aliphatic carbocycles. The van der Waals surface area contributed by atoms with Gasteiger partial charge in [-0.3, -0.25) is 4.79 Å². The van der Waals surface area contributed by atoms with Gasteiger partial charge in [0.15, 0.2) is 6.04 Å². The number of amides is 1. The van der Waals surface area contributed by atoms with Crippen molar-refractivity contribution in [1.29, 1.82) is 0 Å². The third-order valence-electron chi connectivity index (χ3n) is 4.74. The second kappa shape index (κ2) is 8.67. The summed E-state index contributed by atoms with van der Waals surface area (Å²) in [5.41, 5.74) is 1.82. The molecule has 1 atom stereocenters. The molecule has 0 saturated carbocycles. The van der Waals surface area contributed by atoms with Crippen molar-refractivity contribution in [3.05, 3.63) is 60.2 Å². The molecule has 4 heteroatoms. The molecule has 1 heterocycles. The van der Waals surface area contributed by atoms with Gasteiger partial charge in [-0.05, 0) is 38.3 Å². The van der Waals surface area contributed by atoms with Crippen LogP contribution in [0.25, 0.3) is 0 Å². The van der Waals surface area contributed by atoms with Crippen molar-refractivity contribution in [1.82, 2.24) is 0 Å². The van der Waals surface area contributed by atoms with E-state index in [9.17, 15) is 4.79 Å². The molecule has 25 heavy (non-hydrogen) atoms. The lowest BCUT2D eigenvalue weighted by atomic mass is 10.0. The Kier molecular flexibility index (Phi) is 6.07. The van der Waals surface area contributed by atoms with Gasteiger partial charge in [-0.1, -0.05) is 42.5 Å². The van der Waals surface area contributed by atoms with Crippen LogP contribution in [0.1, 0.15) is 37.8 Å². The fourth-order valence-electron chi connectivity index (χ4n) is 3.57. The first-order chi connectivity index (χ1) is 12.3. The minimum atomic E-state index is -0.184. The van der Waals surface area contributed by atoms with E-state index in [1.54, 1.807) is 0 Å². The highest BCUT2D eigenvalue weighted by atomic mass is 16.5. The summed E-state index contributed by atoms with van der Waals surface area (Å²) in [6, 6.07) is 17.6. The number of anilines is 1. The maximum Gasteiger partial charge on any atom is 0.287 e. The summed E-state index contributed by atoms with van der Waals surface area (Å²) in [5.74, 6) is 0.758. The number of hydrogen-bond donors (Lipinski definition) is 2. The molecule has 2 N–H and O–H groups in total. The third-order valence-corrected chi connectivity index (χ3v) is 4.74. The van der Waals surface area contributed by atoms with E-state index < -0.39 is 0 Å². The molecule has 1 fully saturated rings. The quantitative estimate of drug-likeness (QED) is 0.850. The highest BCUT2D eigenvalue weighted by Crippen LogP contribution is 2.25. The van der Waals surface area contributed by atoms with E-state index in [-0.39, 0.29) is 11.9 Å². The van der Waals surface area contributed by atoms with E-state index in [2.05, 4.69) is 17.4 Å². The summed E-state index contributed by atoms with van der Waals surface area (Å²) in [7, 11) is 0. The van der Waals surface area contributed by atoms with E-state index in [1.807, 2.05) is 49.4 Å². The first-order valence-corrected chi connectivity index (χ1v) is 9.22. The van der Waals surface area contributed by atoms with E-state index in [0.717, 1.165) is 30.1 Å². The number of quaternary nitrogens is 1. The van der Waals surface area contributed by atoms with E-state index in [4.69, 9.17) is 4.74 Å². The number of carbonyl (C=O) groups is 1. The number of para-hydroxylation sites is 2. The highest BCUT2D eigenvalue weighted by molar-refractivity contribution is 5.95. The first-order valence-electron chi connectivity index (χ1n) is 9.22. The lowest BCUT2D eigenvalue weighted by molar-refractivity contribution is -0.926. The van der Waals surface area contributed by atoms with Crippen LogP contribution in [0.2, 0.25) is 0 Å². The molecule has 0 unspecified atom stereocenters. The topological polar surface area (TPSA) is 42.8 Å². The maximum atomic E-state index is 13.2. The van der Waals surface area contributed by atoms with Crippen LogP contribution < -0.4 is 15.0 Å². The van der Waals surface area contributed by atoms with Crippen LogP contribution in [0.5, 0.6) is 5.75 Å². The Hall–Kier alpha value is -2.33. The Labute approximate surface area is 149 Å². The molecule has 1 aliphatic rings. The molecule has 0 radical (unpaired) electrons. The fourth-order valence-corrected chi connectivity index (χ4v) is 3.57. The van der Waals surface area contributed by atoms with Crippen LogP contribution in [0.15, 0.2) is 54.6 Å². The lowest BCUT2D eigenvalue weighted by Crippen LogP contribution is -3.14. The average molecular weight is 339 g/mol. The summed E-state index contributed by atoms with van der Waals surface area (Å²) in [6.07, 6.45) is 3.63. The summed E-state index contributed by atoms with van der Waals surface area (Å²) in [4.78, 5) is 14.5. The summed E-state index contributed by atoms with van der Waals surface area (Å²) in [6.45, 7) is 4.61. The van der Waals surface area contributed by atoms with Gasteiger partial charge in [0, 0.05) is 5.56 Å². The van der Waals surface area contributed by atoms with Gasteiger partial charge in [-0.25, -0.2) is 0 Å². The smallest absolute Gasteiger partial charge is 0.287 e. The van der Waals surface area contributed by atoms with Gasteiger partial charge in [0.25, 0.3) is 5.91 Å². The number of benzene rings is 2. The molecule has 3 rings (SSSR count).